The van der Waals surface area contributed by atoms with Crippen molar-refractivity contribution < 1.29 is 23.4 Å². The normalized spacial score (nSPS) is 10.5. The van der Waals surface area contributed by atoms with Crippen LogP contribution in [-0.2, 0) is 0 Å². The fourth-order valence-corrected chi connectivity index (χ4v) is 1.78. The van der Waals surface area contributed by atoms with Crippen molar-refractivity contribution in [3.05, 3.63) is 41.9 Å². The van der Waals surface area contributed by atoms with Crippen molar-refractivity contribution in [3.63, 3.8) is 0 Å². The molecule has 1 aromatic heterocycles. The average molecular weight is 304 g/mol. The quantitative estimate of drug-likeness (QED) is 0.652. The third-order valence-corrected chi connectivity index (χ3v) is 2.86. The zero-order chi connectivity index (χ0) is 15.9. The first-order valence-corrected chi connectivity index (χ1v) is 6.36. The standard InChI is InChI=1S/C15H16N2O5/c1-19-10-7-13(20-2)11(14(8-10)21-3)9-16-17-15(18)12-5-4-6-22-12/h4-9H,1-3H3,(H,17,18)/b16-9+. The Morgan fingerprint density at radius 2 is 1.86 bits per heavy atom. The third-order valence-electron chi connectivity index (χ3n) is 2.86. The van der Waals surface area contributed by atoms with Gasteiger partial charge >= 0.3 is 5.91 Å². The van der Waals surface area contributed by atoms with E-state index in [0.29, 0.717) is 22.8 Å². The summed E-state index contributed by atoms with van der Waals surface area (Å²) in [5.41, 5.74) is 2.93. The van der Waals surface area contributed by atoms with Crippen molar-refractivity contribution >= 4 is 12.1 Å². The molecular weight excluding hydrogens is 288 g/mol. The second-order valence-corrected chi connectivity index (χ2v) is 4.12. The highest BCUT2D eigenvalue weighted by atomic mass is 16.5. The number of rotatable bonds is 6. The molecule has 7 heteroatoms. The first-order chi connectivity index (χ1) is 10.7. The lowest BCUT2D eigenvalue weighted by atomic mass is 10.2. The summed E-state index contributed by atoms with van der Waals surface area (Å²) < 4.78 is 20.7. The van der Waals surface area contributed by atoms with Crippen molar-refractivity contribution in [2.75, 3.05) is 21.3 Å². The van der Waals surface area contributed by atoms with Gasteiger partial charge in [0.1, 0.15) is 17.2 Å². The number of carbonyl (C=O) groups is 1. The maximum Gasteiger partial charge on any atom is 0.307 e. The summed E-state index contributed by atoms with van der Waals surface area (Å²) in [6.07, 6.45) is 2.84. The Morgan fingerprint density at radius 3 is 2.36 bits per heavy atom. The van der Waals surface area contributed by atoms with Gasteiger partial charge in [-0.1, -0.05) is 0 Å². The summed E-state index contributed by atoms with van der Waals surface area (Å²) in [4.78, 5) is 11.7. The van der Waals surface area contributed by atoms with Gasteiger partial charge in [-0.05, 0) is 12.1 Å². The van der Waals surface area contributed by atoms with Gasteiger partial charge in [0.2, 0.25) is 0 Å². The van der Waals surface area contributed by atoms with Gasteiger partial charge in [-0.3, -0.25) is 4.79 Å². The van der Waals surface area contributed by atoms with Gasteiger partial charge in [-0.2, -0.15) is 5.10 Å². The lowest BCUT2D eigenvalue weighted by Crippen LogP contribution is -2.16. The van der Waals surface area contributed by atoms with Gasteiger partial charge in [0, 0.05) is 12.1 Å². The van der Waals surface area contributed by atoms with Crippen molar-refractivity contribution in [2.45, 2.75) is 0 Å². The minimum Gasteiger partial charge on any atom is -0.496 e. The number of hydrogen-bond acceptors (Lipinski definition) is 6. The summed E-state index contributed by atoms with van der Waals surface area (Å²) in [6, 6.07) is 6.55. The molecule has 1 aromatic carbocycles. The van der Waals surface area contributed by atoms with Crippen molar-refractivity contribution in [3.8, 4) is 17.2 Å². The zero-order valence-corrected chi connectivity index (χ0v) is 12.5. The van der Waals surface area contributed by atoms with Crippen LogP contribution < -0.4 is 19.6 Å². The number of furan rings is 1. The van der Waals surface area contributed by atoms with Crippen LogP contribution in [0, 0.1) is 0 Å². The number of amides is 1. The van der Waals surface area contributed by atoms with Crippen LogP contribution in [0.4, 0.5) is 0 Å². The van der Waals surface area contributed by atoms with Gasteiger partial charge in [0.05, 0.1) is 39.4 Å². The number of nitrogens with one attached hydrogen (secondary N) is 1. The van der Waals surface area contributed by atoms with Crippen LogP contribution in [-0.4, -0.2) is 33.5 Å². The molecule has 1 heterocycles. The molecule has 2 rings (SSSR count). The van der Waals surface area contributed by atoms with E-state index in [9.17, 15) is 4.79 Å². The fourth-order valence-electron chi connectivity index (χ4n) is 1.78. The Bertz CT molecular complexity index is 640. The van der Waals surface area contributed by atoms with Gasteiger partial charge in [-0.25, -0.2) is 5.43 Å². The second kappa shape index (κ2) is 7.16. The largest absolute Gasteiger partial charge is 0.496 e. The summed E-state index contributed by atoms with van der Waals surface area (Å²) >= 11 is 0. The Hall–Kier alpha value is -2.96. The van der Waals surface area contributed by atoms with Gasteiger partial charge in [-0.15, -0.1) is 0 Å². The Kier molecular flexibility index (Phi) is 5.02. The molecule has 22 heavy (non-hydrogen) atoms. The van der Waals surface area contributed by atoms with E-state index < -0.39 is 5.91 Å². The lowest BCUT2D eigenvalue weighted by Gasteiger charge is -2.12. The van der Waals surface area contributed by atoms with Crippen molar-refractivity contribution in [1.29, 1.82) is 0 Å². The highest BCUT2D eigenvalue weighted by Gasteiger charge is 2.12. The topological polar surface area (TPSA) is 82.3 Å². The molecule has 116 valence electrons. The molecule has 0 unspecified atom stereocenters. The Morgan fingerprint density at radius 1 is 1.18 bits per heavy atom. The van der Waals surface area contributed by atoms with Gasteiger partial charge in [0.25, 0.3) is 0 Å². The number of methoxy groups -OCH3 is 3. The highest BCUT2D eigenvalue weighted by Crippen LogP contribution is 2.32. The second-order valence-electron chi connectivity index (χ2n) is 4.12. The molecule has 0 saturated heterocycles. The molecule has 0 fully saturated rings. The molecule has 7 nitrogen and oxygen atoms in total. The highest BCUT2D eigenvalue weighted by molar-refractivity contribution is 5.93. The minimum absolute atomic E-state index is 0.172. The van der Waals surface area contributed by atoms with E-state index in [1.54, 1.807) is 31.4 Å². The molecule has 1 N–H and O–H groups in total. The van der Waals surface area contributed by atoms with E-state index in [4.69, 9.17) is 18.6 Å². The number of ether oxygens (including phenoxy) is 3. The monoisotopic (exact) mass is 304 g/mol. The predicted octanol–water partition coefficient (Wildman–Crippen LogP) is 2.07. The first-order valence-electron chi connectivity index (χ1n) is 6.36. The van der Waals surface area contributed by atoms with Crippen LogP contribution in [0.1, 0.15) is 16.1 Å². The average Bonchev–Trinajstić information content (AvgIpc) is 3.09. The first kappa shape index (κ1) is 15.4. The summed E-state index contributed by atoms with van der Waals surface area (Å²) in [5, 5.41) is 3.88. The van der Waals surface area contributed by atoms with E-state index in [0.717, 1.165) is 0 Å². The molecule has 0 saturated carbocycles. The maximum absolute atomic E-state index is 11.7. The zero-order valence-electron chi connectivity index (χ0n) is 12.5. The number of nitrogens with zero attached hydrogens (tertiary/aromatic N) is 1. The van der Waals surface area contributed by atoms with E-state index in [-0.39, 0.29) is 5.76 Å². The third kappa shape index (κ3) is 3.38. The molecule has 0 bridgehead atoms. The molecule has 0 radical (unpaired) electrons. The van der Waals surface area contributed by atoms with Crippen molar-refractivity contribution in [1.82, 2.24) is 5.43 Å². The molecule has 0 spiro atoms. The number of benzene rings is 1. The maximum atomic E-state index is 11.7. The fraction of sp³-hybridized carbons (Fsp3) is 0.200. The predicted molar refractivity (Wildman–Crippen MR) is 79.9 cm³/mol. The molecule has 0 aliphatic rings. The molecule has 1 amide bonds. The van der Waals surface area contributed by atoms with Crippen LogP contribution in [0.2, 0.25) is 0 Å². The number of carbonyl (C=O) groups excluding carboxylic acids is 1. The molecule has 2 aromatic rings. The van der Waals surface area contributed by atoms with Crippen LogP contribution in [0.3, 0.4) is 0 Å². The van der Waals surface area contributed by atoms with Gasteiger partial charge in [0.15, 0.2) is 5.76 Å². The number of hydrogen-bond donors (Lipinski definition) is 1. The SMILES string of the molecule is COc1cc(OC)c(/C=N/NC(=O)c2ccco2)c(OC)c1. The van der Waals surface area contributed by atoms with Crippen LogP contribution in [0.25, 0.3) is 0 Å². The van der Waals surface area contributed by atoms with Crippen LogP contribution >= 0.6 is 0 Å². The van der Waals surface area contributed by atoms with Crippen LogP contribution in [0.5, 0.6) is 17.2 Å². The van der Waals surface area contributed by atoms with E-state index in [1.165, 1.54) is 26.7 Å². The minimum atomic E-state index is -0.451. The van der Waals surface area contributed by atoms with E-state index in [2.05, 4.69) is 10.5 Å². The smallest absolute Gasteiger partial charge is 0.307 e. The summed E-state index contributed by atoms with van der Waals surface area (Å²) in [6.45, 7) is 0. The molecular formula is C15H16N2O5. The molecule has 0 atom stereocenters. The van der Waals surface area contributed by atoms with Gasteiger partial charge < -0.3 is 18.6 Å². The number of hydrazone groups is 1. The van der Waals surface area contributed by atoms with Crippen LogP contribution in [0.15, 0.2) is 40.0 Å². The molecule has 0 aliphatic carbocycles. The van der Waals surface area contributed by atoms with E-state index >= 15 is 0 Å². The lowest BCUT2D eigenvalue weighted by molar-refractivity contribution is 0.0927. The summed E-state index contributed by atoms with van der Waals surface area (Å²) in [5.74, 6) is 1.32. The summed E-state index contributed by atoms with van der Waals surface area (Å²) in [7, 11) is 4.59. The Balaban J connectivity index is 2.20. The van der Waals surface area contributed by atoms with E-state index in [1.807, 2.05) is 0 Å². The molecule has 0 aliphatic heterocycles. The van der Waals surface area contributed by atoms with Crippen molar-refractivity contribution in [2.24, 2.45) is 5.10 Å². The Labute approximate surface area is 127 Å².